The number of benzene rings is 2. The molecule has 32 heavy (non-hydrogen) atoms. The van der Waals surface area contributed by atoms with E-state index in [4.69, 9.17) is 15.2 Å². The number of nitrogens with zero attached hydrogens (tertiary/aromatic N) is 3. The number of halogens is 1. The molecule has 0 aliphatic heterocycles. The minimum absolute atomic E-state index is 0. The van der Waals surface area contributed by atoms with Crippen molar-refractivity contribution in [3.63, 3.8) is 0 Å². The minimum Gasteiger partial charge on any atom is -0.492 e. The Hall–Kier alpha value is -3.20. The zero-order chi connectivity index (χ0) is 21.9. The highest BCUT2D eigenvalue weighted by Gasteiger charge is 2.14. The molecule has 1 amide bonds. The number of hydrogen-bond acceptors (Lipinski definition) is 7. The van der Waals surface area contributed by atoms with Crippen LogP contribution in [0.25, 0.3) is 0 Å². The number of amides is 1. The minimum atomic E-state index is -0.720. The van der Waals surface area contributed by atoms with E-state index in [1.54, 1.807) is 42.7 Å². The summed E-state index contributed by atoms with van der Waals surface area (Å²) in [5.41, 5.74) is 6.82. The van der Waals surface area contributed by atoms with Crippen LogP contribution in [0.5, 0.6) is 11.8 Å². The number of primary amides is 1. The lowest BCUT2D eigenvalue weighted by Gasteiger charge is -2.25. The predicted molar refractivity (Wildman–Crippen MR) is 123 cm³/mol. The summed E-state index contributed by atoms with van der Waals surface area (Å²) in [4.78, 5) is 21.2. The number of aromatic nitrogens is 2. The lowest BCUT2D eigenvalue weighted by atomic mass is 10.2. The molecule has 0 aliphatic rings. The molecule has 2 aromatic carbocycles. The van der Waals surface area contributed by atoms with Crippen LogP contribution in [0, 0.1) is 0 Å². The molecule has 1 heterocycles. The van der Waals surface area contributed by atoms with E-state index in [0.717, 1.165) is 5.56 Å². The molecule has 1 aromatic heterocycles. The number of aliphatic hydroxyl groups excluding tert-OH is 1. The molecule has 0 fully saturated rings. The van der Waals surface area contributed by atoms with Gasteiger partial charge in [0.1, 0.15) is 25.1 Å². The number of ether oxygens (including phenoxy) is 2. The van der Waals surface area contributed by atoms with Crippen LogP contribution >= 0.6 is 12.4 Å². The van der Waals surface area contributed by atoms with Crippen LogP contribution in [0.2, 0.25) is 0 Å². The van der Waals surface area contributed by atoms with Gasteiger partial charge in [0.25, 0.3) is 0 Å². The maximum Gasteiger partial charge on any atom is 0.316 e. The average Bonchev–Trinajstić information content (AvgIpc) is 2.79. The van der Waals surface area contributed by atoms with Crippen LogP contribution in [-0.4, -0.2) is 58.3 Å². The van der Waals surface area contributed by atoms with Crippen LogP contribution in [0.15, 0.2) is 73.1 Å². The largest absolute Gasteiger partial charge is 0.492 e. The molecule has 0 bridgehead atoms. The van der Waals surface area contributed by atoms with Gasteiger partial charge in [-0.15, -0.1) is 12.4 Å². The SMILES string of the molecule is Cl.NC(=O)c1ccc(OCCN(Cc2ccccc2)CC(O)COc2ncccn2)cc1. The fraction of sp³-hybridized carbons (Fsp3) is 0.261. The van der Waals surface area contributed by atoms with E-state index in [0.29, 0.717) is 37.6 Å². The van der Waals surface area contributed by atoms with Gasteiger partial charge in [-0.3, -0.25) is 9.69 Å². The van der Waals surface area contributed by atoms with Gasteiger partial charge in [-0.2, -0.15) is 0 Å². The summed E-state index contributed by atoms with van der Waals surface area (Å²) in [6, 6.07) is 18.6. The number of carbonyl (C=O) groups is 1. The third kappa shape index (κ3) is 8.50. The van der Waals surface area contributed by atoms with E-state index in [-0.39, 0.29) is 25.0 Å². The molecular formula is C23H27ClN4O4. The third-order valence-electron chi connectivity index (χ3n) is 4.48. The Morgan fingerprint density at radius 2 is 1.69 bits per heavy atom. The van der Waals surface area contributed by atoms with Gasteiger partial charge in [0, 0.05) is 37.6 Å². The average molecular weight is 459 g/mol. The predicted octanol–water partition coefficient (Wildman–Crippen LogP) is 2.32. The first-order valence-corrected chi connectivity index (χ1v) is 9.97. The van der Waals surface area contributed by atoms with E-state index in [2.05, 4.69) is 14.9 Å². The maximum atomic E-state index is 11.2. The molecule has 1 atom stereocenters. The summed E-state index contributed by atoms with van der Waals surface area (Å²) in [5, 5.41) is 10.5. The second kappa shape index (κ2) is 13.3. The molecule has 0 aliphatic carbocycles. The fourth-order valence-electron chi connectivity index (χ4n) is 2.97. The van der Waals surface area contributed by atoms with Crippen molar-refractivity contribution in [1.29, 1.82) is 0 Å². The van der Waals surface area contributed by atoms with E-state index in [1.807, 2.05) is 30.3 Å². The zero-order valence-corrected chi connectivity index (χ0v) is 18.4. The molecule has 0 radical (unpaired) electrons. The summed E-state index contributed by atoms with van der Waals surface area (Å²) in [6.45, 7) is 2.14. The lowest BCUT2D eigenvalue weighted by molar-refractivity contribution is 0.0574. The summed E-state index contributed by atoms with van der Waals surface area (Å²) in [7, 11) is 0. The molecule has 3 N–H and O–H groups in total. The molecule has 9 heteroatoms. The topological polar surface area (TPSA) is 111 Å². The first kappa shape index (κ1) is 25.1. The van der Waals surface area contributed by atoms with Crippen molar-refractivity contribution >= 4 is 18.3 Å². The van der Waals surface area contributed by atoms with Gasteiger partial charge < -0.3 is 20.3 Å². The second-order valence-corrected chi connectivity index (χ2v) is 6.95. The number of rotatable bonds is 12. The standard InChI is InChI=1S/C23H26N4O4.ClH/c24-22(29)19-7-9-21(10-8-19)30-14-13-27(15-18-5-2-1-3-6-18)16-20(28)17-31-23-25-11-4-12-26-23;/h1-12,20,28H,13-17H2,(H2,24,29);1H. The lowest BCUT2D eigenvalue weighted by Crippen LogP contribution is -2.37. The summed E-state index contributed by atoms with van der Waals surface area (Å²) in [6.07, 6.45) is 2.45. The fourth-order valence-corrected chi connectivity index (χ4v) is 2.97. The van der Waals surface area contributed by atoms with Crippen LogP contribution in [0.3, 0.4) is 0 Å². The van der Waals surface area contributed by atoms with Crippen LogP contribution in [-0.2, 0) is 6.54 Å². The molecule has 0 saturated heterocycles. The van der Waals surface area contributed by atoms with E-state index in [9.17, 15) is 9.90 Å². The van der Waals surface area contributed by atoms with Crippen molar-refractivity contribution in [1.82, 2.24) is 14.9 Å². The van der Waals surface area contributed by atoms with Crippen molar-refractivity contribution in [3.8, 4) is 11.8 Å². The van der Waals surface area contributed by atoms with Crippen LogP contribution in [0.1, 0.15) is 15.9 Å². The Balaban J connectivity index is 0.00000363. The molecule has 1 unspecified atom stereocenters. The second-order valence-electron chi connectivity index (χ2n) is 6.95. The molecule has 170 valence electrons. The van der Waals surface area contributed by atoms with Gasteiger partial charge in [0.2, 0.25) is 5.91 Å². The monoisotopic (exact) mass is 458 g/mol. The Morgan fingerprint density at radius 3 is 2.34 bits per heavy atom. The molecule has 3 rings (SSSR count). The molecular weight excluding hydrogens is 432 g/mol. The molecule has 8 nitrogen and oxygen atoms in total. The number of aliphatic hydroxyl groups is 1. The maximum absolute atomic E-state index is 11.2. The zero-order valence-electron chi connectivity index (χ0n) is 17.5. The van der Waals surface area contributed by atoms with E-state index >= 15 is 0 Å². The van der Waals surface area contributed by atoms with Crippen LogP contribution < -0.4 is 15.2 Å². The van der Waals surface area contributed by atoms with Crippen molar-refractivity contribution < 1.29 is 19.4 Å². The van der Waals surface area contributed by atoms with Gasteiger partial charge >= 0.3 is 6.01 Å². The summed E-state index contributed by atoms with van der Waals surface area (Å²) in [5.74, 6) is 0.174. The highest BCUT2D eigenvalue weighted by molar-refractivity contribution is 5.92. The quantitative estimate of drug-likeness (QED) is 0.428. The Morgan fingerprint density at radius 1 is 1.00 bits per heavy atom. The Kier molecular flexibility index (Phi) is 10.4. The first-order valence-electron chi connectivity index (χ1n) is 9.97. The Bertz CT molecular complexity index is 930. The van der Waals surface area contributed by atoms with Crippen LogP contribution in [0.4, 0.5) is 0 Å². The normalized spacial score (nSPS) is 11.4. The molecule has 0 saturated carbocycles. The van der Waals surface area contributed by atoms with Crippen molar-refractivity contribution in [2.75, 3.05) is 26.3 Å². The Labute approximate surface area is 193 Å². The van der Waals surface area contributed by atoms with Crippen molar-refractivity contribution in [3.05, 3.63) is 84.2 Å². The number of carbonyl (C=O) groups excluding carboxylic acids is 1. The van der Waals surface area contributed by atoms with Gasteiger partial charge in [-0.1, -0.05) is 30.3 Å². The highest BCUT2D eigenvalue weighted by Crippen LogP contribution is 2.12. The molecule has 0 spiro atoms. The van der Waals surface area contributed by atoms with Gasteiger partial charge in [-0.05, 0) is 35.9 Å². The molecule has 3 aromatic rings. The van der Waals surface area contributed by atoms with Gasteiger partial charge in [0.15, 0.2) is 0 Å². The van der Waals surface area contributed by atoms with E-state index < -0.39 is 12.0 Å². The number of hydrogen-bond donors (Lipinski definition) is 2. The third-order valence-corrected chi connectivity index (χ3v) is 4.48. The van der Waals surface area contributed by atoms with Gasteiger partial charge in [0.05, 0.1) is 0 Å². The first-order chi connectivity index (χ1) is 15.1. The summed E-state index contributed by atoms with van der Waals surface area (Å²) >= 11 is 0. The highest BCUT2D eigenvalue weighted by atomic mass is 35.5. The van der Waals surface area contributed by atoms with Crippen molar-refractivity contribution in [2.24, 2.45) is 5.73 Å². The van der Waals surface area contributed by atoms with Crippen molar-refractivity contribution in [2.45, 2.75) is 12.6 Å². The van der Waals surface area contributed by atoms with E-state index in [1.165, 1.54) is 0 Å². The smallest absolute Gasteiger partial charge is 0.316 e. The summed E-state index contributed by atoms with van der Waals surface area (Å²) < 4.78 is 11.2. The van der Waals surface area contributed by atoms with Gasteiger partial charge in [-0.25, -0.2) is 9.97 Å². The number of nitrogens with two attached hydrogens (primary N) is 1.